The number of nitrogens with two attached hydrogens (primary N) is 2. The third-order valence-corrected chi connectivity index (χ3v) is 4.33. The molecule has 0 saturated heterocycles. The lowest BCUT2D eigenvalue weighted by Gasteiger charge is -2.16. The summed E-state index contributed by atoms with van der Waals surface area (Å²) < 4.78 is 1.66. The fourth-order valence-corrected chi connectivity index (χ4v) is 3.00. The third kappa shape index (κ3) is 2.97. The Balaban J connectivity index is 2.29. The van der Waals surface area contributed by atoms with Crippen molar-refractivity contribution in [1.82, 2.24) is 4.57 Å². The van der Waals surface area contributed by atoms with E-state index in [0.29, 0.717) is 28.2 Å². The molecule has 0 bridgehead atoms. The summed E-state index contributed by atoms with van der Waals surface area (Å²) in [6.07, 6.45) is 0. The molecular formula is C20H21N3O3. The second-order valence-electron chi connectivity index (χ2n) is 6.48. The molecule has 2 aromatic carbocycles. The van der Waals surface area contributed by atoms with E-state index in [9.17, 15) is 15.0 Å². The van der Waals surface area contributed by atoms with Gasteiger partial charge in [0.15, 0.2) is 0 Å². The van der Waals surface area contributed by atoms with Gasteiger partial charge in [0.05, 0.1) is 5.69 Å². The highest BCUT2D eigenvalue weighted by Gasteiger charge is 2.20. The van der Waals surface area contributed by atoms with E-state index >= 15 is 0 Å². The highest BCUT2D eigenvalue weighted by Crippen LogP contribution is 2.39. The first kappa shape index (κ1) is 17.4. The summed E-state index contributed by atoms with van der Waals surface area (Å²) in [7, 11) is 0. The Morgan fingerprint density at radius 1 is 1.00 bits per heavy atom. The molecule has 0 aliphatic heterocycles. The molecule has 0 unspecified atom stereocenters. The van der Waals surface area contributed by atoms with Crippen LogP contribution >= 0.6 is 0 Å². The number of rotatable bonds is 4. The molecule has 6 N–H and O–H groups in total. The molecule has 0 fully saturated rings. The summed E-state index contributed by atoms with van der Waals surface area (Å²) in [5, 5.41) is 20.5. The maximum Gasteiger partial charge on any atom is 0.265 e. The van der Waals surface area contributed by atoms with Gasteiger partial charge in [-0.2, -0.15) is 0 Å². The lowest BCUT2D eigenvalue weighted by molar-refractivity contribution is 0.0994. The number of anilines is 1. The number of amides is 1. The Hall–Kier alpha value is -3.41. The van der Waals surface area contributed by atoms with E-state index in [0.717, 1.165) is 0 Å². The molecule has 1 amide bonds. The van der Waals surface area contributed by atoms with Crippen LogP contribution in [0, 0.1) is 0 Å². The quantitative estimate of drug-likeness (QED) is 0.540. The summed E-state index contributed by atoms with van der Waals surface area (Å²) in [6.45, 7) is 3.90. The zero-order chi connectivity index (χ0) is 19.0. The van der Waals surface area contributed by atoms with E-state index in [1.807, 2.05) is 13.8 Å². The number of phenolic OH excluding ortho intramolecular Hbond substituents is 2. The highest BCUT2D eigenvalue weighted by molar-refractivity contribution is 5.94. The van der Waals surface area contributed by atoms with E-state index in [-0.39, 0.29) is 23.1 Å². The zero-order valence-corrected chi connectivity index (χ0v) is 14.6. The van der Waals surface area contributed by atoms with Crippen molar-refractivity contribution in [3.63, 3.8) is 0 Å². The Bertz CT molecular complexity index is 973. The van der Waals surface area contributed by atoms with Crippen molar-refractivity contribution in [3.8, 4) is 28.4 Å². The molecule has 0 spiro atoms. The fourth-order valence-electron chi connectivity index (χ4n) is 3.00. The van der Waals surface area contributed by atoms with Gasteiger partial charge in [0.1, 0.15) is 17.2 Å². The van der Waals surface area contributed by atoms with Gasteiger partial charge in [0.2, 0.25) is 0 Å². The van der Waals surface area contributed by atoms with E-state index < -0.39 is 5.91 Å². The second kappa shape index (κ2) is 6.48. The predicted octanol–water partition coefficient (Wildman–Crippen LogP) is 3.36. The number of benzene rings is 2. The number of carbonyl (C=O) groups is 1. The molecule has 3 rings (SSSR count). The van der Waals surface area contributed by atoms with Gasteiger partial charge >= 0.3 is 0 Å². The molecule has 26 heavy (non-hydrogen) atoms. The smallest absolute Gasteiger partial charge is 0.265 e. The monoisotopic (exact) mass is 351 g/mol. The molecule has 0 aliphatic rings. The maximum absolute atomic E-state index is 11.9. The lowest BCUT2D eigenvalue weighted by Crippen LogP contribution is -2.16. The Morgan fingerprint density at radius 3 is 2.23 bits per heavy atom. The Labute approximate surface area is 151 Å². The van der Waals surface area contributed by atoms with Crippen LogP contribution in [0.3, 0.4) is 0 Å². The molecule has 0 atom stereocenters. The van der Waals surface area contributed by atoms with Crippen molar-refractivity contribution in [2.75, 3.05) is 5.73 Å². The minimum Gasteiger partial charge on any atom is -0.508 e. The minimum atomic E-state index is -0.588. The highest BCUT2D eigenvalue weighted by atomic mass is 16.3. The molecule has 6 heteroatoms. The molecule has 134 valence electrons. The number of primary amides is 1. The maximum atomic E-state index is 11.9. The minimum absolute atomic E-state index is 0.0296. The normalized spacial score (nSPS) is 11.0. The Morgan fingerprint density at radius 2 is 1.65 bits per heavy atom. The summed E-state index contributed by atoms with van der Waals surface area (Å²) in [5.74, 6) is -0.583. The van der Waals surface area contributed by atoms with Crippen molar-refractivity contribution >= 4 is 11.6 Å². The topological polar surface area (TPSA) is 115 Å². The molecule has 0 aliphatic carbocycles. The predicted molar refractivity (Wildman–Crippen MR) is 102 cm³/mol. The summed E-state index contributed by atoms with van der Waals surface area (Å²) in [4.78, 5) is 11.9. The van der Waals surface area contributed by atoms with E-state index in [2.05, 4.69) is 0 Å². The molecule has 1 heterocycles. The van der Waals surface area contributed by atoms with Crippen molar-refractivity contribution in [2.24, 2.45) is 5.73 Å². The SMILES string of the molecule is CC(C)c1cc(-c2ccc(C(N)=O)n2-c2ccc(N)cc2)c(O)cc1O. The number of nitrogens with zero attached hydrogens (tertiary/aromatic N) is 1. The van der Waals surface area contributed by atoms with Gasteiger partial charge in [0.25, 0.3) is 5.91 Å². The number of nitrogen functional groups attached to an aromatic ring is 1. The van der Waals surface area contributed by atoms with Crippen LogP contribution in [0.15, 0.2) is 48.5 Å². The van der Waals surface area contributed by atoms with Crippen LogP contribution in [0.4, 0.5) is 5.69 Å². The van der Waals surface area contributed by atoms with Gasteiger partial charge in [-0.3, -0.25) is 4.79 Å². The lowest BCUT2D eigenvalue weighted by atomic mass is 9.97. The number of hydrogen-bond donors (Lipinski definition) is 4. The summed E-state index contributed by atoms with van der Waals surface area (Å²) >= 11 is 0. The third-order valence-electron chi connectivity index (χ3n) is 4.33. The molecule has 1 aromatic heterocycles. The van der Waals surface area contributed by atoms with Crippen molar-refractivity contribution in [3.05, 3.63) is 59.8 Å². The zero-order valence-electron chi connectivity index (χ0n) is 14.6. The van der Waals surface area contributed by atoms with Gasteiger partial charge in [-0.15, -0.1) is 0 Å². The standard InChI is InChI=1S/C20H21N3O3/c1-11(2)14-9-15(19(25)10-18(14)24)16-7-8-17(20(22)26)23(16)13-5-3-12(21)4-6-13/h3-11,24-25H,21H2,1-2H3,(H2,22,26). The van der Waals surface area contributed by atoms with Crippen LogP contribution in [0.5, 0.6) is 11.5 Å². The summed E-state index contributed by atoms with van der Waals surface area (Å²) in [6, 6.07) is 13.3. The number of carbonyl (C=O) groups excluding carboxylic acids is 1. The van der Waals surface area contributed by atoms with Crippen molar-refractivity contribution in [1.29, 1.82) is 0 Å². The average molecular weight is 351 g/mol. The van der Waals surface area contributed by atoms with Gasteiger partial charge < -0.3 is 26.2 Å². The number of phenols is 2. The van der Waals surface area contributed by atoms with E-state index in [1.54, 1.807) is 47.0 Å². The second-order valence-corrected chi connectivity index (χ2v) is 6.48. The van der Waals surface area contributed by atoms with Crippen LogP contribution in [0.1, 0.15) is 35.8 Å². The molecule has 3 aromatic rings. The largest absolute Gasteiger partial charge is 0.508 e. The molecule has 0 radical (unpaired) electrons. The number of aromatic hydroxyl groups is 2. The van der Waals surface area contributed by atoms with Crippen LogP contribution in [0.2, 0.25) is 0 Å². The first-order chi connectivity index (χ1) is 12.3. The van der Waals surface area contributed by atoms with E-state index in [1.165, 1.54) is 6.07 Å². The molecule has 0 saturated carbocycles. The van der Waals surface area contributed by atoms with Crippen LogP contribution < -0.4 is 11.5 Å². The van der Waals surface area contributed by atoms with Gasteiger partial charge in [-0.05, 0) is 53.9 Å². The molecule has 6 nitrogen and oxygen atoms in total. The van der Waals surface area contributed by atoms with Crippen LogP contribution in [0.25, 0.3) is 16.9 Å². The summed E-state index contributed by atoms with van der Waals surface area (Å²) in [5.41, 5.74) is 14.6. The van der Waals surface area contributed by atoms with Crippen LogP contribution in [-0.4, -0.2) is 20.7 Å². The first-order valence-electron chi connectivity index (χ1n) is 8.23. The fraction of sp³-hybridized carbons (Fsp3) is 0.150. The van der Waals surface area contributed by atoms with Gasteiger partial charge in [-0.1, -0.05) is 13.8 Å². The van der Waals surface area contributed by atoms with Crippen LogP contribution in [-0.2, 0) is 0 Å². The van der Waals surface area contributed by atoms with Gasteiger partial charge in [-0.25, -0.2) is 0 Å². The van der Waals surface area contributed by atoms with Gasteiger partial charge in [0, 0.05) is 23.0 Å². The van der Waals surface area contributed by atoms with E-state index in [4.69, 9.17) is 11.5 Å². The number of hydrogen-bond acceptors (Lipinski definition) is 4. The van der Waals surface area contributed by atoms with Crippen molar-refractivity contribution < 1.29 is 15.0 Å². The number of aromatic nitrogens is 1. The first-order valence-corrected chi connectivity index (χ1v) is 8.23. The average Bonchev–Trinajstić information content (AvgIpc) is 3.00. The Kier molecular flexibility index (Phi) is 4.34. The van der Waals surface area contributed by atoms with Crippen molar-refractivity contribution in [2.45, 2.75) is 19.8 Å². The molecular weight excluding hydrogens is 330 g/mol.